The molecule has 5 rings (SSSR count). The molecule has 0 spiro atoms. The van der Waals surface area contributed by atoms with Crippen molar-refractivity contribution in [2.45, 2.75) is 74.7 Å². The van der Waals surface area contributed by atoms with E-state index < -0.39 is 9.84 Å². The van der Waals surface area contributed by atoms with Crippen LogP contribution >= 0.6 is 0 Å². The maximum Gasteiger partial charge on any atom is 0.200 e. The molecule has 6 nitrogen and oxygen atoms in total. The molecule has 3 aliphatic rings. The number of hydrogen-bond donors (Lipinski definition) is 1. The summed E-state index contributed by atoms with van der Waals surface area (Å²) in [6, 6.07) is 9.11. The van der Waals surface area contributed by atoms with Gasteiger partial charge in [0.2, 0.25) is 0 Å². The Balaban J connectivity index is 1.14. The Labute approximate surface area is 195 Å². The molecule has 2 saturated carbocycles. The van der Waals surface area contributed by atoms with Crippen LogP contribution < -0.4 is 5.32 Å². The normalized spacial score (nSPS) is 26.4. The quantitative estimate of drug-likeness (QED) is 0.674. The highest BCUT2D eigenvalue weighted by molar-refractivity contribution is 7.92. The second kappa shape index (κ2) is 9.29. The van der Waals surface area contributed by atoms with Crippen LogP contribution in [0.25, 0.3) is 0 Å². The molecule has 1 aromatic heterocycles. The fourth-order valence-electron chi connectivity index (χ4n) is 6.01. The molecule has 1 N–H and O–H groups in total. The van der Waals surface area contributed by atoms with Crippen molar-refractivity contribution in [2.75, 3.05) is 18.4 Å². The maximum absolute atomic E-state index is 13.5. The van der Waals surface area contributed by atoms with Crippen molar-refractivity contribution in [3.63, 3.8) is 0 Å². The molecular formula is C25H33FN4O2S. The summed E-state index contributed by atoms with van der Waals surface area (Å²) in [5.41, 5.74) is 1.87. The molecule has 2 aliphatic carbocycles. The van der Waals surface area contributed by atoms with Crippen molar-refractivity contribution >= 4 is 15.7 Å². The molecule has 33 heavy (non-hydrogen) atoms. The topological polar surface area (TPSA) is 75.2 Å². The van der Waals surface area contributed by atoms with Crippen LogP contribution in [-0.4, -0.2) is 47.9 Å². The van der Waals surface area contributed by atoms with Crippen molar-refractivity contribution in [2.24, 2.45) is 11.8 Å². The molecule has 3 fully saturated rings. The molecule has 2 atom stereocenters. The van der Waals surface area contributed by atoms with Gasteiger partial charge >= 0.3 is 0 Å². The standard InChI is InChI=1S/C25H33FN4O2S/c1-17-11-18(7-8-23(17)26)14-30-15-19-12-21(13-20(19)16-30)27-24-9-10-25(29-28-24)33(31,32)22-5-3-2-4-6-22/h7-11,19-22H,2-6,12-16H2,1H3,(H,27,28). The molecule has 1 aromatic carbocycles. The van der Waals surface area contributed by atoms with E-state index in [-0.39, 0.29) is 16.1 Å². The first-order valence-electron chi connectivity index (χ1n) is 12.2. The number of halogens is 1. The molecule has 0 amide bonds. The Hall–Kier alpha value is -2.06. The number of benzene rings is 1. The summed E-state index contributed by atoms with van der Waals surface area (Å²) in [5, 5.41) is 11.6. The number of anilines is 1. The number of likely N-dealkylation sites (tertiary alicyclic amines) is 1. The van der Waals surface area contributed by atoms with Crippen LogP contribution in [0.2, 0.25) is 0 Å². The van der Waals surface area contributed by atoms with Crippen molar-refractivity contribution in [3.8, 4) is 0 Å². The van der Waals surface area contributed by atoms with Gasteiger partial charge in [-0.25, -0.2) is 12.8 Å². The fourth-order valence-corrected chi connectivity index (χ4v) is 7.72. The largest absolute Gasteiger partial charge is 0.366 e. The first-order chi connectivity index (χ1) is 15.9. The van der Waals surface area contributed by atoms with E-state index in [4.69, 9.17) is 0 Å². The number of nitrogens with one attached hydrogen (secondary N) is 1. The predicted molar refractivity (Wildman–Crippen MR) is 126 cm³/mol. The number of fused-ring (bicyclic) bond motifs is 1. The van der Waals surface area contributed by atoms with E-state index in [2.05, 4.69) is 20.4 Å². The van der Waals surface area contributed by atoms with Crippen LogP contribution in [-0.2, 0) is 16.4 Å². The Morgan fingerprint density at radius 2 is 1.76 bits per heavy atom. The highest BCUT2D eigenvalue weighted by atomic mass is 32.2. The van der Waals surface area contributed by atoms with Gasteiger partial charge in [0.15, 0.2) is 14.9 Å². The highest BCUT2D eigenvalue weighted by Crippen LogP contribution is 2.39. The molecule has 0 bridgehead atoms. The predicted octanol–water partition coefficient (Wildman–Crippen LogP) is 4.35. The maximum atomic E-state index is 13.5. The lowest BCUT2D eigenvalue weighted by molar-refractivity contribution is 0.301. The minimum Gasteiger partial charge on any atom is -0.366 e. The second-order valence-electron chi connectivity index (χ2n) is 10.2. The average molecular weight is 473 g/mol. The smallest absolute Gasteiger partial charge is 0.200 e. The summed E-state index contributed by atoms with van der Waals surface area (Å²) >= 11 is 0. The van der Waals surface area contributed by atoms with Crippen molar-refractivity contribution in [3.05, 3.63) is 47.3 Å². The van der Waals surface area contributed by atoms with Crippen LogP contribution in [0.4, 0.5) is 10.2 Å². The van der Waals surface area contributed by atoms with Crippen molar-refractivity contribution in [1.82, 2.24) is 15.1 Å². The monoisotopic (exact) mass is 472 g/mol. The number of aromatic nitrogens is 2. The lowest BCUT2D eigenvalue weighted by Crippen LogP contribution is -2.26. The van der Waals surface area contributed by atoms with Gasteiger partial charge in [0.25, 0.3) is 0 Å². The molecule has 8 heteroatoms. The SMILES string of the molecule is Cc1cc(CN2CC3CC(Nc4ccc(S(=O)(=O)C5CCCCC5)nn4)CC3C2)ccc1F. The summed E-state index contributed by atoms with van der Waals surface area (Å²) in [4.78, 5) is 2.48. The summed E-state index contributed by atoms with van der Waals surface area (Å²) in [6.45, 7) is 4.80. The Morgan fingerprint density at radius 1 is 1.03 bits per heavy atom. The molecule has 2 aromatic rings. The first-order valence-corrected chi connectivity index (χ1v) is 13.7. The number of nitrogens with zero attached hydrogens (tertiary/aromatic N) is 3. The van der Waals surface area contributed by atoms with Gasteiger partial charge in [-0.3, -0.25) is 4.90 Å². The van der Waals surface area contributed by atoms with Gasteiger partial charge in [0.1, 0.15) is 11.6 Å². The van der Waals surface area contributed by atoms with E-state index in [1.165, 1.54) is 5.56 Å². The zero-order valence-electron chi connectivity index (χ0n) is 19.2. The summed E-state index contributed by atoms with van der Waals surface area (Å²) in [5.74, 6) is 1.79. The number of hydrogen-bond acceptors (Lipinski definition) is 6. The third-order valence-corrected chi connectivity index (χ3v) is 9.88. The molecule has 2 unspecified atom stereocenters. The lowest BCUT2D eigenvalue weighted by Gasteiger charge is -2.21. The second-order valence-corrected chi connectivity index (χ2v) is 12.3. The number of sulfone groups is 1. The summed E-state index contributed by atoms with van der Waals surface area (Å²) < 4.78 is 39.2. The third-order valence-electron chi connectivity index (χ3n) is 7.73. The zero-order valence-corrected chi connectivity index (χ0v) is 20.0. The van der Waals surface area contributed by atoms with Gasteiger partial charge < -0.3 is 5.32 Å². The van der Waals surface area contributed by atoms with E-state index in [1.54, 1.807) is 18.2 Å². The first kappa shape index (κ1) is 22.7. The fraction of sp³-hybridized carbons (Fsp3) is 0.600. The lowest BCUT2D eigenvalue weighted by atomic mass is 10.0. The van der Waals surface area contributed by atoms with Gasteiger partial charge in [0, 0.05) is 25.7 Å². The molecule has 2 heterocycles. The highest BCUT2D eigenvalue weighted by Gasteiger charge is 2.41. The van der Waals surface area contributed by atoms with E-state index in [0.29, 0.717) is 29.3 Å². The Kier molecular flexibility index (Phi) is 6.40. The van der Waals surface area contributed by atoms with Crippen molar-refractivity contribution in [1.29, 1.82) is 0 Å². The van der Waals surface area contributed by atoms with Gasteiger partial charge in [-0.2, -0.15) is 0 Å². The van der Waals surface area contributed by atoms with E-state index >= 15 is 0 Å². The van der Waals surface area contributed by atoms with Crippen LogP contribution in [0.15, 0.2) is 35.4 Å². The molecular weight excluding hydrogens is 439 g/mol. The van der Waals surface area contributed by atoms with Crippen LogP contribution in [0.5, 0.6) is 0 Å². The van der Waals surface area contributed by atoms with Gasteiger partial charge in [0.05, 0.1) is 5.25 Å². The zero-order chi connectivity index (χ0) is 23.0. The van der Waals surface area contributed by atoms with Gasteiger partial charge in [-0.1, -0.05) is 31.4 Å². The van der Waals surface area contributed by atoms with Crippen LogP contribution in [0, 0.1) is 24.6 Å². The van der Waals surface area contributed by atoms with Crippen LogP contribution in [0.3, 0.4) is 0 Å². The molecule has 1 aliphatic heterocycles. The minimum absolute atomic E-state index is 0.106. The van der Waals surface area contributed by atoms with Crippen LogP contribution in [0.1, 0.15) is 56.1 Å². The molecule has 178 valence electrons. The minimum atomic E-state index is -3.38. The third kappa shape index (κ3) is 4.92. The molecule has 0 radical (unpaired) electrons. The summed E-state index contributed by atoms with van der Waals surface area (Å²) in [6.07, 6.45) is 6.68. The number of aryl methyl sites for hydroxylation is 1. The van der Waals surface area contributed by atoms with E-state index in [0.717, 1.165) is 64.6 Å². The molecule has 1 saturated heterocycles. The van der Waals surface area contributed by atoms with Gasteiger partial charge in [-0.15, -0.1) is 10.2 Å². The van der Waals surface area contributed by atoms with Crippen molar-refractivity contribution < 1.29 is 12.8 Å². The average Bonchev–Trinajstić information content (AvgIpc) is 3.35. The van der Waals surface area contributed by atoms with Gasteiger partial charge in [-0.05, 0) is 73.8 Å². The van der Waals surface area contributed by atoms with E-state index in [9.17, 15) is 12.8 Å². The Bertz CT molecular complexity index is 1070. The summed E-state index contributed by atoms with van der Waals surface area (Å²) in [7, 11) is -3.38. The number of rotatable bonds is 6. The van der Waals surface area contributed by atoms with E-state index in [1.807, 2.05) is 19.1 Å². The Morgan fingerprint density at radius 3 is 2.39 bits per heavy atom.